The predicted octanol–water partition coefficient (Wildman–Crippen LogP) is 4.47. The van der Waals surface area contributed by atoms with Crippen molar-refractivity contribution in [2.75, 3.05) is 44.4 Å². The van der Waals surface area contributed by atoms with E-state index in [1.807, 2.05) is 0 Å². The van der Waals surface area contributed by atoms with Gasteiger partial charge in [0, 0.05) is 49.9 Å². The van der Waals surface area contributed by atoms with E-state index in [1.54, 1.807) is 23.8 Å². The van der Waals surface area contributed by atoms with Crippen LogP contribution < -0.4 is 5.32 Å². The number of hydrogen-bond acceptors (Lipinski definition) is 5. The van der Waals surface area contributed by atoms with Crippen LogP contribution in [-0.2, 0) is 27.3 Å². The van der Waals surface area contributed by atoms with Crippen molar-refractivity contribution in [1.29, 1.82) is 0 Å². The average Bonchev–Trinajstić information content (AvgIpc) is 3.18. The fourth-order valence-corrected chi connectivity index (χ4v) is 5.05. The van der Waals surface area contributed by atoms with Gasteiger partial charge in [0.05, 0.1) is 34.9 Å². The number of hydrogen-bond donors (Lipinski definition) is 1. The third-order valence-electron chi connectivity index (χ3n) is 6.36. The summed E-state index contributed by atoms with van der Waals surface area (Å²) in [5.41, 5.74) is 0.595. The van der Waals surface area contributed by atoms with Gasteiger partial charge in [-0.25, -0.2) is 8.42 Å². The summed E-state index contributed by atoms with van der Waals surface area (Å²) in [5.74, 6) is -0.500. The van der Waals surface area contributed by atoms with Crippen molar-refractivity contribution in [1.82, 2.24) is 9.47 Å². The van der Waals surface area contributed by atoms with Gasteiger partial charge in [-0.05, 0) is 42.8 Å². The molecule has 0 saturated carbocycles. The molecule has 0 spiro atoms. The topological polar surface area (TPSA) is 80.6 Å². The summed E-state index contributed by atoms with van der Waals surface area (Å²) >= 11 is 0. The number of sulfone groups is 1. The summed E-state index contributed by atoms with van der Waals surface area (Å²) in [6, 6.07) is 11.1. The highest BCUT2D eigenvalue weighted by Crippen LogP contribution is 2.39. The van der Waals surface area contributed by atoms with Crippen molar-refractivity contribution in [3.05, 3.63) is 71.4 Å². The third kappa shape index (κ3) is 6.23. The maximum absolute atomic E-state index is 13.9. The van der Waals surface area contributed by atoms with E-state index in [1.165, 1.54) is 36.4 Å². The van der Waals surface area contributed by atoms with Crippen LogP contribution in [0.5, 0.6) is 0 Å². The minimum atomic E-state index is -4.56. The number of morpholine rings is 1. The molecular weight excluding hydrogens is 507 g/mol. The lowest BCUT2D eigenvalue weighted by molar-refractivity contribution is -0.137. The van der Waals surface area contributed by atoms with Crippen molar-refractivity contribution in [3.8, 4) is 11.3 Å². The molecule has 198 valence electrons. The van der Waals surface area contributed by atoms with Crippen LogP contribution in [0.2, 0.25) is 0 Å². The van der Waals surface area contributed by atoms with E-state index >= 15 is 0 Å². The molecule has 0 radical (unpaired) electrons. The smallest absolute Gasteiger partial charge is 0.379 e. The molecule has 7 nitrogen and oxygen atoms in total. The molecule has 1 amide bonds. The number of carbonyl (C=O) groups is 1. The van der Waals surface area contributed by atoms with Gasteiger partial charge in [0.2, 0.25) is 0 Å². The fourth-order valence-electron chi connectivity index (χ4n) is 4.42. The van der Waals surface area contributed by atoms with Gasteiger partial charge in [-0.15, -0.1) is 0 Å². The Labute approximate surface area is 213 Å². The minimum absolute atomic E-state index is 0.00559. The normalized spacial score (nSPS) is 15.1. The van der Waals surface area contributed by atoms with E-state index in [-0.39, 0.29) is 16.0 Å². The summed E-state index contributed by atoms with van der Waals surface area (Å²) in [5, 5.41) is 2.72. The van der Waals surface area contributed by atoms with Crippen molar-refractivity contribution < 1.29 is 31.1 Å². The first kappa shape index (κ1) is 26.9. The van der Waals surface area contributed by atoms with E-state index in [0.29, 0.717) is 43.2 Å². The second-order valence-corrected chi connectivity index (χ2v) is 11.0. The number of rotatable bonds is 7. The zero-order chi connectivity index (χ0) is 26.8. The molecule has 0 unspecified atom stereocenters. The summed E-state index contributed by atoms with van der Waals surface area (Å²) in [6.45, 7) is 5.26. The van der Waals surface area contributed by atoms with Gasteiger partial charge in [0.1, 0.15) is 0 Å². The first-order valence-corrected chi connectivity index (χ1v) is 13.6. The van der Waals surface area contributed by atoms with Crippen molar-refractivity contribution in [3.63, 3.8) is 0 Å². The first-order valence-electron chi connectivity index (χ1n) is 11.7. The van der Waals surface area contributed by atoms with Gasteiger partial charge in [-0.3, -0.25) is 9.69 Å². The maximum atomic E-state index is 13.9. The summed E-state index contributed by atoms with van der Waals surface area (Å²) in [4.78, 5) is 15.5. The lowest BCUT2D eigenvalue weighted by atomic mass is 10.00. The maximum Gasteiger partial charge on any atom is 0.417 e. The molecule has 0 atom stereocenters. The van der Waals surface area contributed by atoms with Crippen LogP contribution in [0.1, 0.15) is 21.5 Å². The van der Waals surface area contributed by atoms with Gasteiger partial charge < -0.3 is 14.6 Å². The van der Waals surface area contributed by atoms with Crippen LogP contribution in [0.4, 0.5) is 18.9 Å². The molecule has 2 heterocycles. The van der Waals surface area contributed by atoms with Gasteiger partial charge in [-0.1, -0.05) is 18.2 Å². The number of nitrogens with zero attached hydrogens (tertiary/aromatic N) is 2. The van der Waals surface area contributed by atoms with E-state index in [0.717, 1.165) is 25.4 Å². The van der Waals surface area contributed by atoms with Crippen LogP contribution in [0, 0.1) is 6.92 Å². The molecule has 2 aromatic carbocycles. The number of ether oxygens (including phenoxy) is 1. The van der Waals surface area contributed by atoms with Gasteiger partial charge in [0.15, 0.2) is 9.84 Å². The Bertz CT molecular complexity index is 1380. The number of nitrogens with one attached hydrogen (secondary N) is 1. The number of amides is 1. The molecule has 1 saturated heterocycles. The molecule has 37 heavy (non-hydrogen) atoms. The molecule has 11 heteroatoms. The van der Waals surface area contributed by atoms with Crippen LogP contribution in [-0.4, -0.2) is 62.9 Å². The molecule has 3 aromatic rings. The summed E-state index contributed by atoms with van der Waals surface area (Å²) < 4.78 is 72.2. The number of alkyl halides is 3. The number of carbonyl (C=O) groups excluding carboxylic acids is 1. The Balaban J connectivity index is 1.69. The molecule has 1 fully saturated rings. The second-order valence-electron chi connectivity index (χ2n) is 8.96. The standard InChI is InChI=1S/C26H28F3N3O4S/c1-18-22(25(33)30-19-7-9-20(10-8-19)37(2,34)35)17-32(12-11-31-13-15-36-16-14-31)24(18)21-5-3-4-6-23(21)26(27,28)29/h3-10,17H,11-16H2,1-2H3,(H,30,33). The SMILES string of the molecule is Cc1c(C(=O)Nc2ccc(S(C)(=O)=O)cc2)cn(CCN2CCOCC2)c1-c1ccccc1C(F)(F)F. The van der Waals surface area contributed by atoms with Crippen LogP contribution in [0.25, 0.3) is 11.3 Å². The first-order chi connectivity index (χ1) is 17.4. The quantitative estimate of drug-likeness (QED) is 0.483. The van der Waals surface area contributed by atoms with E-state index < -0.39 is 27.5 Å². The Hall–Kier alpha value is -3.15. The Morgan fingerprint density at radius 1 is 1.03 bits per heavy atom. The Morgan fingerprint density at radius 2 is 1.68 bits per heavy atom. The fraction of sp³-hybridized carbons (Fsp3) is 0.346. The number of benzene rings is 2. The number of aromatic nitrogens is 1. The van der Waals surface area contributed by atoms with Crippen molar-refractivity contribution >= 4 is 21.4 Å². The lowest BCUT2D eigenvalue weighted by Crippen LogP contribution is -2.38. The monoisotopic (exact) mass is 535 g/mol. The van der Waals surface area contributed by atoms with Crippen molar-refractivity contribution in [2.45, 2.75) is 24.5 Å². The Kier molecular flexibility index (Phi) is 7.77. The van der Waals surface area contributed by atoms with Gasteiger partial charge in [0.25, 0.3) is 5.91 Å². The Morgan fingerprint density at radius 3 is 2.30 bits per heavy atom. The molecule has 1 N–H and O–H groups in total. The number of halogens is 3. The largest absolute Gasteiger partial charge is 0.417 e. The summed E-state index contributed by atoms with van der Waals surface area (Å²) in [6.07, 6.45) is -1.89. The molecule has 1 aliphatic heterocycles. The molecule has 0 aliphatic carbocycles. The lowest BCUT2D eigenvalue weighted by Gasteiger charge is -2.27. The molecule has 1 aliphatic rings. The van der Waals surface area contributed by atoms with Crippen LogP contribution in [0.3, 0.4) is 0 Å². The zero-order valence-corrected chi connectivity index (χ0v) is 21.3. The van der Waals surface area contributed by atoms with E-state index in [4.69, 9.17) is 4.74 Å². The zero-order valence-electron chi connectivity index (χ0n) is 20.5. The van der Waals surface area contributed by atoms with Gasteiger partial charge in [-0.2, -0.15) is 13.2 Å². The third-order valence-corrected chi connectivity index (χ3v) is 7.49. The van der Waals surface area contributed by atoms with Gasteiger partial charge >= 0.3 is 6.18 Å². The molecular formula is C26H28F3N3O4S. The predicted molar refractivity (Wildman–Crippen MR) is 134 cm³/mol. The van der Waals surface area contributed by atoms with E-state index in [9.17, 15) is 26.4 Å². The second kappa shape index (κ2) is 10.7. The molecule has 1 aromatic heterocycles. The average molecular weight is 536 g/mol. The van der Waals surface area contributed by atoms with E-state index in [2.05, 4.69) is 10.2 Å². The van der Waals surface area contributed by atoms with Crippen LogP contribution >= 0.6 is 0 Å². The summed E-state index contributed by atoms with van der Waals surface area (Å²) in [7, 11) is -3.39. The highest BCUT2D eigenvalue weighted by molar-refractivity contribution is 7.90. The molecule has 0 bridgehead atoms. The highest BCUT2D eigenvalue weighted by atomic mass is 32.2. The molecule has 4 rings (SSSR count). The van der Waals surface area contributed by atoms with Crippen molar-refractivity contribution in [2.24, 2.45) is 0 Å². The van der Waals surface area contributed by atoms with Crippen LogP contribution in [0.15, 0.2) is 59.6 Å². The minimum Gasteiger partial charge on any atom is -0.379 e. The number of anilines is 1. The highest BCUT2D eigenvalue weighted by Gasteiger charge is 2.35.